The van der Waals surface area contributed by atoms with Crippen LogP contribution in [0.4, 0.5) is 8.78 Å². The summed E-state index contributed by atoms with van der Waals surface area (Å²) in [6.45, 7) is 4.08. The van der Waals surface area contributed by atoms with Crippen molar-refractivity contribution >= 4 is 11.6 Å². The van der Waals surface area contributed by atoms with E-state index in [4.69, 9.17) is 16.0 Å². The number of alkyl halides is 1. The molecule has 0 bridgehead atoms. The van der Waals surface area contributed by atoms with E-state index in [9.17, 15) is 14.4 Å². The Kier molecular flexibility index (Phi) is 6.91. The lowest BCUT2D eigenvalue weighted by Gasteiger charge is -2.50. The van der Waals surface area contributed by atoms with Crippen molar-refractivity contribution in [3.63, 3.8) is 0 Å². The molecule has 194 valence electrons. The maximum atomic E-state index is 15.7. The number of benzene rings is 3. The molecule has 5 rings (SSSR count). The minimum absolute atomic E-state index is 0.0541. The van der Waals surface area contributed by atoms with Crippen LogP contribution in [0.1, 0.15) is 48.1 Å². The number of hydrogen-bond donors (Lipinski definition) is 1. The summed E-state index contributed by atoms with van der Waals surface area (Å²) in [5.74, 6) is -2.13. The minimum atomic E-state index is -1.66. The number of hydrogen-bond acceptors (Lipinski definition) is 5. The molecule has 0 amide bonds. The Balaban J connectivity index is 1.47. The van der Waals surface area contributed by atoms with E-state index >= 15 is 4.39 Å². The van der Waals surface area contributed by atoms with Gasteiger partial charge in [0.1, 0.15) is 11.5 Å². The number of nitrogens with zero attached hydrogens (tertiary/aromatic N) is 3. The lowest BCUT2D eigenvalue weighted by molar-refractivity contribution is 0.00814. The van der Waals surface area contributed by atoms with Crippen molar-refractivity contribution in [2.24, 2.45) is 5.92 Å². The van der Waals surface area contributed by atoms with Crippen molar-refractivity contribution in [3.8, 4) is 17.5 Å². The average molecular weight is 535 g/mol. The Morgan fingerprint density at radius 2 is 1.84 bits per heavy atom. The Hall–Kier alpha value is -3.80. The average Bonchev–Trinajstić information content (AvgIpc) is 3.29. The number of likely N-dealkylation sites (tertiary alicyclic amines) is 1. The van der Waals surface area contributed by atoms with Gasteiger partial charge in [0, 0.05) is 29.6 Å². The maximum absolute atomic E-state index is 15.7. The molecule has 1 aliphatic heterocycles. The van der Waals surface area contributed by atoms with E-state index in [0.29, 0.717) is 29.2 Å². The van der Waals surface area contributed by atoms with Crippen LogP contribution in [0.5, 0.6) is 0 Å². The Morgan fingerprint density at radius 1 is 1.11 bits per heavy atom. The van der Waals surface area contributed by atoms with Gasteiger partial charge in [-0.05, 0) is 78.9 Å². The van der Waals surface area contributed by atoms with Crippen LogP contribution in [0.3, 0.4) is 0 Å². The van der Waals surface area contributed by atoms with Gasteiger partial charge in [-0.1, -0.05) is 35.9 Å². The van der Waals surface area contributed by atoms with E-state index in [0.717, 1.165) is 11.1 Å². The van der Waals surface area contributed by atoms with Crippen LogP contribution in [0.2, 0.25) is 5.02 Å². The first-order chi connectivity index (χ1) is 18.1. The Bertz CT molecular complexity index is 1550. The standard InChI is InChI=1S/C29H25ClF2N4O2/c1-29(2,32)25(20-11-21(13-24(31)12-20)27-34-35-28(37)38-27)22-15-36(16-22)26(18-6-8-23(30)9-7-18)19-5-3-4-17(10-19)14-33/h3-13,22,25-26H,15-16H2,1-2H3,(H,35,37). The quantitative estimate of drug-likeness (QED) is 0.303. The van der Waals surface area contributed by atoms with Gasteiger partial charge in [0.05, 0.1) is 17.7 Å². The first-order valence-corrected chi connectivity index (χ1v) is 12.5. The number of rotatable bonds is 7. The highest BCUT2D eigenvalue weighted by molar-refractivity contribution is 6.30. The fourth-order valence-corrected chi connectivity index (χ4v) is 5.63. The number of nitriles is 1. The van der Waals surface area contributed by atoms with Crippen LogP contribution in [-0.2, 0) is 0 Å². The molecule has 1 saturated heterocycles. The first kappa shape index (κ1) is 25.8. The van der Waals surface area contributed by atoms with Crippen LogP contribution < -0.4 is 5.76 Å². The number of H-pyrrole nitrogens is 1. The van der Waals surface area contributed by atoms with E-state index < -0.39 is 23.2 Å². The van der Waals surface area contributed by atoms with Crippen molar-refractivity contribution < 1.29 is 13.2 Å². The van der Waals surface area contributed by atoms with Gasteiger partial charge in [-0.15, -0.1) is 5.10 Å². The van der Waals surface area contributed by atoms with E-state index in [-0.39, 0.29) is 23.4 Å². The second kappa shape index (κ2) is 10.2. The summed E-state index contributed by atoms with van der Waals surface area (Å²) in [7, 11) is 0. The summed E-state index contributed by atoms with van der Waals surface area (Å²) in [4.78, 5) is 13.6. The second-order valence-electron chi connectivity index (χ2n) is 10.1. The molecule has 9 heteroatoms. The van der Waals surface area contributed by atoms with Crippen molar-refractivity contribution in [3.05, 3.63) is 110 Å². The van der Waals surface area contributed by atoms with Crippen LogP contribution in [0.25, 0.3) is 11.5 Å². The highest BCUT2D eigenvalue weighted by Gasteiger charge is 2.45. The molecule has 2 unspecified atom stereocenters. The predicted molar refractivity (Wildman–Crippen MR) is 140 cm³/mol. The van der Waals surface area contributed by atoms with Gasteiger partial charge in [0.15, 0.2) is 0 Å². The molecule has 0 radical (unpaired) electrons. The van der Waals surface area contributed by atoms with Crippen molar-refractivity contribution in [2.75, 3.05) is 13.1 Å². The smallest absolute Gasteiger partial charge is 0.388 e. The maximum Gasteiger partial charge on any atom is 0.434 e. The summed E-state index contributed by atoms with van der Waals surface area (Å²) in [5.41, 5.74) is 1.57. The van der Waals surface area contributed by atoms with Crippen LogP contribution >= 0.6 is 11.6 Å². The molecule has 1 N–H and O–H groups in total. The van der Waals surface area contributed by atoms with Gasteiger partial charge in [-0.3, -0.25) is 4.90 Å². The normalized spacial score (nSPS) is 16.0. The zero-order valence-electron chi connectivity index (χ0n) is 20.8. The molecule has 2 heterocycles. The van der Waals surface area contributed by atoms with E-state index in [1.165, 1.54) is 26.0 Å². The number of aromatic amines is 1. The van der Waals surface area contributed by atoms with Gasteiger partial charge >= 0.3 is 5.76 Å². The van der Waals surface area contributed by atoms with Crippen LogP contribution in [0, 0.1) is 23.1 Å². The summed E-state index contributed by atoms with van der Waals surface area (Å²) < 4.78 is 35.4. The van der Waals surface area contributed by atoms with E-state index in [2.05, 4.69) is 21.2 Å². The summed E-state index contributed by atoms with van der Waals surface area (Å²) in [5, 5.41) is 16.0. The third-order valence-corrected chi connectivity index (χ3v) is 7.25. The zero-order valence-corrected chi connectivity index (χ0v) is 21.5. The first-order valence-electron chi connectivity index (χ1n) is 12.2. The highest BCUT2D eigenvalue weighted by Crippen LogP contribution is 2.46. The van der Waals surface area contributed by atoms with Crippen molar-refractivity contribution in [1.82, 2.24) is 15.1 Å². The second-order valence-corrected chi connectivity index (χ2v) is 10.6. The molecule has 0 saturated carbocycles. The van der Waals surface area contributed by atoms with E-state index in [1.54, 1.807) is 12.1 Å². The topological polar surface area (TPSA) is 85.9 Å². The fraction of sp³-hybridized carbons (Fsp3) is 0.276. The Morgan fingerprint density at radius 3 is 2.47 bits per heavy atom. The van der Waals surface area contributed by atoms with Crippen LogP contribution in [-0.4, -0.2) is 33.9 Å². The van der Waals surface area contributed by atoms with Gasteiger partial charge in [0.2, 0.25) is 5.89 Å². The third-order valence-electron chi connectivity index (χ3n) is 7.00. The van der Waals surface area contributed by atoms with Crippen LogP contribution in [0.15, 0.2) is 75.9 Å². The lowest BCUT2D eigenvalue weighted by Crippen LogP contribution is -2.53. The number of halogens is 3. The lowest BCUT2D eigenvalue weighted by atomic mass is 9.72. The van der Waals surface area contributed by atoms with Crippen molar-refractivity contribution in [2.45, 2.75) is 31.5 Å². The van der Waals surface area contributed by atoms with Gasteiger partial charge < -0.3 is 4.42 Å². The molecule has 0 aliphatic carbocycles. The molecule has 38 heavy (non-hydrogen) atoms. The predicted octanol–water partition coefficient (Wildman–Crippen LogP) is 6.25. The monoisotopic (exact) mass is 534 g/mol. The highest BCUT2D eigenvalue weighted by atomic mass is 35.5. The molecular weight excluding hydrogens is 510 g/mol. The van der Waals surface area contributed by atoms with Crippen molar-refractivity contribution in [1.29, 1.82) is 5.26 Å². The molecule has 4 aromatic rings. The summed E-state index contributed by atoms with van der Waals surface area (Å²) in [6, 6.07) is 21.2. The van der Waals surface area contributed by atoms with E-state index in [1.807, 2.05) is 42.5 Å². The molecule has 0 spiro atoms. The van der Waals surface area contributed by atoms with Gasteiger partial charge in [-0.25, -0.2) is 18.7 Å². The SMILES string of the molecule is CC(C)(F)C(c1cc(F)cc(-c2n[nH]c(=O)o2)c1)C1CN(C(c2ccc(Cl)cc2)c2cccc(C#N)c2)C1. The molecule has 1 fully saturated rings. The summed E-state index contributed by atoms with van der Waals surface area (Å²) in [6.07, 6.45) is 0. The minimum Gasteiger partial charge on any atom is -0.388 e. The molecule has 6 nitrogen and oxygen atoms in total. The zero-order chi connectivity index (χ0) is 27.0. The summed E-state index contributed by atoms with van der Waals surface area (Å²) >= 11 is 6.13. The molecule has 1 aromatic heterocycles. The largest absolute Gasteiger partial charge is 0.434 e. The number of aromatic nitrogens is 2. The van der Waals surface area contributed by atoms with Gasteiger partial charge in [0.25, 0.3) is 0 Å². The molecule has 3 aromatic carbocycles. The fourth-order valence-electron chi connectivity index (χ4n) is 5.51. The third kappa shape index (κ3) is 5.26. The van der Waals surface area contributed by atoms with Gasteiger partial charge in [-0.2, -0.15) is 5.26 Å². The Labute approximate surface area is 223 Å². The number of nitrogens with one attached hydrogen (secondary N) is 1. The molecule has 1 aliphatic rings. The molecular formula is C29H25ClF2N4O2. The molecule has 2 atom stereocenters.